The first-order chi connectivity index (χ1) is 10.8. The standard InChI is InChI=1S/C18H10N2S2/c19-10-12(18-20-15-6-2-4-8-17(15)22-18)9-13-11-21-16-7-3-1-5-14(13)16/h1-9,11H/b12-9+. The monoisotopic (exact) mass is 318 g/mol. The normalized spacial score (nSPS) is 11.9. The Bertz CT molecular complexity index is 1010. The topological polar surface area (TPSA) is 36.7 Å². The molecule has 104 valence electrons. The van der Waals surface area contributed by atoms with Crippen molar-refractivity contribution in [3.05, 3.63) is 64.5 Å². The number of rotatable bonds is 2. The van der Waals surface area contributed by atoms with Crippen LogP contribution in [0.4, 0.5) is 0 Å². The lowest BCUT2D eigenvalue weighted by molar-refractivity contribution is 1.44. The summed E-state index contributed by atoms with van der Waals surface area (Å²) in [6.45, 7) is 0. The van der Waals surface area contributed by atoms with Crippen LogP contribution in [-0.4, -0.2) is 4.98 Å². The molecule has 4 rings (SSSR count). The summed E-state index contributed by atoms with van der Waals surface area (Å²) in [5.41, 5.74) is 2.64. The minimum absolute atomic E-state index is 0.616. The molecule has 0 atom stereocenters. The summed E-state index contributed by atoms with van der Waals surface area (Å²) in [7, 11) is 0. The fourth-order valence-corrected chi connectivity index (χ4v) is 4.25. The molecule has 0 saturated carbocycles. The van der Waals surface area contributed by atoms with Crippen molar-refractivity contribution in [2.45, 2.75) is 0 Å². The second-order valence-corrected chi connectivity index (χ2v) is 6.79. The molecule has 0 bridgehead atoms. The average Bonchev–Trinajstić information content (AvgIpc) is 3.16. The van der Waals surface area contributed by atoms with Gasteiger partial charge in [-0.05, 0) is 40.6 Å². The quantitative estimate of drug-likeness (QED) is 0.453. The van der Waals surface area contributed by atoms with Gasteiger partial charge < -0.3 is 0 Å². The van der Waals surface area contributed by atoms with Crippen LogP contribution in [0.5, 0.6) is 0 Å². The van der Waals surface area contributed by atoms with E-state index in [4.69, 9.17) is 0 Å². The SMILES string of the molecule is N#C/C(=C\c1csc2ccccc12)c1nc2ccccc2s1. The molecule has 2 aromatic carbocycles. The number of hydrogen-bond donors (Lipinski definition) is 0. The van der Waals surface area contributed by atoms with Gasteiger partial charge in [0.05, 0.1) is 15.8 Å². The number of fused-ring (bicyclic) bond motifs is 2. The molecule has 2 nitrogen and oxygen atoms in total. The van der Waals surface area contributed by atoms with Crippen LogP contribution in [-0.2, 0) is 0 Å². The Labute approximate surface area is 135 Å². The second kappa shape index (κ2) is 5.38. The Morgan fingerprint density at radius 1 is 1.05 bits per heavy atom. The fourth-order valence-electron chi connectivity index (χ4n) is 2.39. The summed E-state index contributed by atoms with van der Waals surface area (Å²) in [6.07, 6.45) is 1.94. The Balaban J connectivity index is 1.86. The van der Waals surface area contributed by atoms with Gasteiger partial charge >= 0.3 is 0 Å². The maximum Gasteiger partial charge on any atom is 0.135 e. The van der Waals surface area contributed by atoms with Crippen LogP contribution in [0.2, 0.25) is 0 Å². The van der Waals surface area contributed by atoms with E-state index in [0.29, 0.717) is 5.57 Å². The lowest BCUT2D eigenvalue weighted by Gasteiger charge is -1.94. The number of allylic oxidation sites excluding steroid dienone is 1. The first kappa shape index (κ1) is 13.2. The van der Waals surface area contributed by atoms with E-state index in [2.05, 4.69) is 28.6 Å². The third kappa shape index (κ3) is 2.21. The molecule has 0 fully saturated rings. The highest BCUT2D eigenvalue weighted by Gasteiger charge is 2.10. The van der Waals surface area contributed by atoms with Gasteiger partial charge in [0.25, 0.3) is 0 Å². The molecule has 0 aliphatic heterocycles. The van der Waals surface area contributed by atoms with Crippen molar-refractivity contribution in [2.75, 3.05) is 0 Å². The van der Waals surface area contributed by atoms with Crippen molar-refractivity contribution in [3.63, 3.8) is 0 Å². The van der Waals surface area contributed by atoms with Gasteiger partial charge in [-0.15, -0.1) is 22.7 Å². The predicted molar refractivity (Wildman–Crippen MR) is 94.9 cm³/mol. The van der Waals surface area contributed by atoms with Crippen LogP contribution in [0, 0.1) is 11.3 Å². The maximum atomic E-state index is 9.53. The molecular weight excluding hydrogens is 308 g/mol. The fraction of sp³-hybridized carbons (Fsp3) is 0. The molecule has 0 aliphatic carbocycles. The van der Waals surface area contributed by atoms with Gasteiger partial charge in [0.2, 0.25) is 0 Å². The Morgan fingerprint density at radius 3 is 2.64 bits per heavy atom. The number of thiazole rings is 1. The van der Waals surface area contributed by atoms with Crippen LogP contribution >= 0.6 is 22.7 Å². The number of hydrogen-bond acceptors (Lipinski definition) is 4. The van der Waals surface area contributed by atoms with Crippen LogP contribution < -0.4 is 0 Å². The summed E-state index contributed by atoms with van der Waals surface area (Å²) in [4.78, 5) is 4.58. The van der Waals surface area contributed by atoms with Gasteiger partial charge in [0, 0.05) is 4.70 Å². The maximum absolute atomic E-state index is 9.53. The van der Waals surface area contributed by atoms with E-state index in [0.717, 1.165) is 20.8 Å². The lowest BCUT2D eigenvalue weighted by atomic mass is 10.1. The zero-order valence-electron chi connectivity index (χ0n) is 11.5. The van der Waals surface area contributed by atoms with Gasteiger partial charge in [0.1, 0.15) is 11.1 Å². The summed E-state index contributed by atoms with van der Waals surface area (Å²) >= 11 is 3.25. The van der Waals surface area contributed by atoms with E-state index < -0.39 is 0 Å². The first-order valence-corrected chi connectivity index (χ1v) is 8.49. The highest BCUT2D eigenvalue weighted by molar-refractivity contribution is 7.19. The van der Waals surface area contributed by atoms with Crippen LogP contribution in [0.15, 0.2) is 53.9 Å². The molecule has 4 aromatic rings. The van der Waals surface area contributed by atoms with Crippen molar-refractivity contribution >= 4 is 54.6 Å². The minimum Gasteiger partial charge on any atom is -0.235 e. The Kier molecular flexibility index (Phi) is 3.23. The van der Waals surface area contributed by atoms with Gasteiger partial charge in [-0.2, -0.15) is 5.26 Å². The van der Waals surface area contributed by atoms with Crippen molar-refractivity contribution in [3.8, 4) is 6.07 Å². The third-order valence-electron chi connectivity index (χ3n) is 3.46. The molecular formula is C18H10N2S2. The summed E-state index contributed by atoms with van der Waals surface area (Å²) < 4.78 is 2.34. The molecule has 0 N–H and O–H groups in total. The molecule has 0 unspecified atom stereocenters. The molecule has 22 heavy (non-hydrogen) atoms. The zero-order valence-corrected chi connectivity index (χ0v) is 13.1. The summed E-state index contributed by atoms with van der Waals surface area (Å²) in [5, 5.41) is 13.6. The van der Waals surface area contributed by atoms with Crippen LogP contribution in [0.1, 0.15) is 10.6 Å². The largest absolute Gasteiger partial charge is 0.235 e. The Hall–Kier alpha value is -2.48. The third-order valence-corrected chi connectivity index (χ3v) is 5.51. The van der Waals surface area contributed by atoms with Crippen molar-refractivity contribution < 1.29 is 0 Å². The average molecular weight is 318 g/mol. The molecule has 0 aliphatic rings. The van der Waals surface area contributed by atoms with Gasteiger partial charge in [-0.3, -0.25) is 0 Å². The molecule has 0 saturated heterocycles. The lowest BCUT2D eigenvalue weighted by Crippen LogP contribution is -1.79. The smallest absolute Gasteiger partial charge is 0.135 e. The van der Waals surface area contributed by atoms with Crippen molar-refractivity contribution in [2.24, 2.45) is 0 Å². The highest BCUT2D eigenvalue weighted by atomic mass is 32.1. The molecule has 2 heterocycles. The first-order valence-electron chi connectivity index (χ1n) is 6.79. The zero-order chi connectivity index (χ0) is 14.9. The van der Waals surface area contributed by atoms with Gasteiger partial charge in [-0.1, -0.05) is 30.3 Å². The number of nitrogens with zero attached hydrogens (tertiary/aromatic N) is 2. The van der Waals surface area contributed by atoms with E-state index in [1.807, 2.05) is 42.5 Å². The van der Waals surface area contributed by atoms with Gasteiger partial charge in [-0.25, -0.2) is 4.98 Å². The summed E-state index contributed by atoms with van der Waals surface area (Å²) in [5.74, 6) is 0. The van der Waals surface area contributed by atoms with Gasteiger partial charge in [0.15, 0.2) is 0 Å². The van der Waals surface area contributed by atoms with E-state index >= 15 is 0 Å². The molecule has 4 heteroatoms. The molecule has 0 spiro atoms. The predicted octanol–water partition coefficient (Wildman–Crippen LogP) is 5.58. The number of para-hydroxylation sites is 1. The molecule has 2 aromatic heterocycles. The van der Waals surface area contributed by atoms with E-state index in [1.165, 1.54) is 10.1 Å². The molecule has 0 radical (unpaired) electrons. The van der Waals surface area contributed by atoms with E-state index in [1.54, 1.807) is 22.7 Å². The molecule has 0 amide bonds. The minimum atomic E-state index is 0.616. The van der Waals surface area contributed by atoms with E-state index in [9.17, 15) is 5.26 Å². The van der Waals surface area contributed by atoms with Crippen LogP contribution in [0.3, 0.4) is 0 Å². The number of benzene rings is 2. The summed E-state index contributed by atoms with van der Waals surface area (Å²) in [6, 6.07) is 18.5. The van der Waals surface area contributed by atoms with Crippen molar-refractivity contribution in [1.29, 1.82) is 5.26 Å². The van der Waals surface area contributed by atoms with E-state index in [-0.39, 0.29) is 0 Å². The van der Waals surface area contributed by atoms with Crippen LogP contribution in [0.25, 0.3) is 32.0 Å². The second-order valence-electron chi connectivity index (χ2n) is 4.84. The number of thiophene rings is 1. The number of nitriles is 1. The number of aromatic nitrogens is 1. The Morgan fingerprint density at radius 2 is 1.82 bits per heavy atom. The highest BCUT2D eigenvalue weighted by Crippen LogP contribution is 2.31. The van der Waals surface area contributed by atoms with Crippen molar-refractivity contribution in [1.82, 2.24) is 4.98 Å².